The molecule has 0 fully saturated rings. The van der Waals surface area contributed by atoms with Crippen molar-refractivity contribution in [2.24, 2.45) is 5.92 Å². The first-order valence-electron chi connectivity index (χ1n) is 9.39. The van der Waals surface area contributed by atoms with Crippen LogP contribution in [-0.4, -0.2) is 18.8 Å². The number of benzene rings is 2. The summed E-state index contributed by atoms with van der Waals surface area (Å²) in [5.41, 5.74) is 2.41. The molecule has 0 aliphatic carbocycles. The molecule has 2 atom stereocenters. The van der Waals surface area contributed by atoms with Gasteiger partial charge >= 0.3 is 0 Å². The highest BCUT2D eigenvalue weighted by atomic mass is 16.5. The zero-order valence-corrected chi connectivity index (χ0v) is 15.8. The van der Waals surface area contributed by atoms with Gasteiger partial charge in [-0.3, -0.25) is 0 Å². The lowest BCUT2D eigenvalue weighted by molar-refractivity contribution is -0.00669. The molecule has 0 radical (unpaired) electrons. The predicted octanol–water partition coefficient (Wildman–Crippen LogP) is 5.16. The molecule has 2 aromatic carbocycles. The Morgan fingerprint density at radius 2 is 1.46 bits per heavy atom. The number of hydrogen-bond acceptors (Lipinski definition) is 3. The fourth-order valence-electron chi connectivity index (χ4n) is 2.85. The van der Waals surface area contributed by atoms with Gasteiger partial charge in [0.15, 0.2) is 0 Å². The van der Waals surface area contributed by atoms with Gasteiger partial charge in [0.2, 0.25) is 0 Å². The maximum atomic E-state index is 9.37. The van der Waals surface area contributed by atoms with Crippen molar-refractivity contribution in [1.29, 1.82) is 5.26 Å². The molecule has 138 valence electrons. The molecule has 0 saturated carbocycles. The van der Waals surface area contributed by atoms with E-state index in [1.54, 1.807) is 0 Å². The van der Waals surface area contributed by atoms with E-state index in [4.69, 9.17) is 9.47 Å². The summed E-state index contributed by atoms with van der Waals surface area (Å²) < 4.78 is 11.9. The monoisotopic (exact) mass is 351 g/mol. The Labute approximate surface area is 157 Å². The van der Waals surface area contributed by atoms with E-state index in [0.717, 1.165) is 12.8 Å². The second-order valence-corrected chi connectivity index (χ2v) is 6.88. The highest BCUT2D eigenvalue weighted by molar-refractivity contribution is 5.15. The van der Waals surface area contributed by atoms with Crippen LogP contribution in [0.4, 0.5) is 0 Å². The first kappa shape index (κ1) is 20.2. The lowest BCUT2D eigenvalue weighted by Gasteiger charge is -2.23. The van der Waals surface area contributed by atoms with E-state index in [1.165, 1.54) is 11.1 Å². The molecule has 2 aromatic rings. The molecule has 0 heterocycles. The topological polar surface area (TPSA) is 42.2 Å². The molecule has 0 aliphatic heterocycles. The van der Waals surface area contributed by atoms with Gasteiger partial charge in [0.05, 0.1) is 25.4 Å². The van der Waals surface area contributed by atoms with E-state index in [2.05, 4.69) is 44.2 Å². The van der Waals surface area contributed by atoms with Gasteiger partial charge in [0.1, 0.15) is 6.10 Å². The summed E-state index contributed by atoms with van der Waals surface area (Å²) in [6.07, 6.45) is 2.11. The molecule has 2 unspecified atom stereocenters. The molecular formula is C23H29NO2. The van der Waals surface area contributed by atoms with Crippen molar-refractivity contribution in [2.45, 2.75) is 51.9 Å². The molecule has 0 aliphatic rings. The largest absolute Gasteiger partial charge is 0.373 e. The van der Waals surface area contributed by atoms with Gasteiger partial charge in [-0.25, -0.2) is 0 Å². The van der Waals surface area contributed by atoms with Crippen LogP contribution in [0.2, 0.25) is 0 Å². The van der Waals surface area contributed by atoms with Crippen LogP contribution < -0.4 is 0 Å². The summed E-state index contributed by atoms with van der Waals surface area (Å²) in [5, 5.41) is 9.37. The van der Waals surface area contributed by atoms with Crippen LogP contribution in [0, 0.1) is 17.2 Å². The van der Waals surface area contributed by atoms with E-state index >= 15 is 0 Å². The van der Waals surface area contributed by atoms with Gasteiger partial charge < -0.3 is 9.47 Å². The van der Waals surface area contributed by atoms with E-state index in [0.29, 0.717) is 25.6 Å². The molecule has 0 aromatic heterocycles. The van der Waals surface area contributed by atoms with Crippen LogP contribution >= 0.6 is 0 Å². The maximum absolute atomic E-state index is 9.37. The number of rotatable bonds is 11. The summed E-state index contributed by atoms with van der Waals surface area (Å²) in [7, 11) is 0. The Balaban J connectivity index is 1.73. The number of hydrogen-bond donors (Lipinski definition) is 0. The Hall–Kier alpha value is -2.15. The molecule has 0 bridgehead atoms. The molecular weight excluding hydrogens is 322 g/mol. The molecule has 0 saturated heterocycles. The second-order valence-electron chi connectivity index (χ2n) is 6.88. The molecule has 26 heavy (non-hydrogen) atoms. The minimum absolute atomic E-state index is 0.128. The average Bonchev–Trinajstić information content (AvgIpc) is 2.67. The third-order valence-electron chi connectivity index (χ3n) is 4.46. The third kappa shape index (κ3) is 7.39. The van der Waals surface area contributed by atoms with Gasteiger partial charge in [0, 0.05) is 0 Å². The minimum atomic E-state index is -0.375. The lowest BCUT2D eigenvalue weighted by atomic mass is 10.0. The lowest BCUT2D eigenvalue weighted by Crippen LogP contribution is -2.23. The summed E-state index contributed by atoms with van der Waals surface area (Å²) in [6, 6.07) is 22.7. The Morgan fingerprint density at radius 3 is 2.04 bits per heavy atom. The summed E-state index contributed by atoms with van der Waals surface area (Å²) in [5.74, 6) is 0.405. The average molecular weight is 351 g/mol. The molecule has 3 nitrogen and oxygen atoms in total. The van der Waals surface area contributed by atoms with Crippen molar-refractivity contribution >= 4 is 0 Å². The van der Waals surface area contributed by atoms with E-state index in [1.807, 2.05) is 36.4 Å². The number of ether oxygens (including phenoxy) is 2. The van der Waals surface area contributed by atoms with Gasteiger partial charge in [-0.2, -0.15) is 5.26 Å². The fourth-order valence-corrected chi connectivity index (χ4v) is 2.85. The Morgan fingerprint density at radius 1 is 0.846 bits per heavy atom. The molecule has 2 rings (SSSR count). The molecule has 0 N–H and O–H groups in total. The maximum Gasteiger partial charge on any atom is 0.144 e. The summed E-state index contributed by atoms with van der Waals surface area (Å²) in [4.78, 5) is 0. The van der Waals surface area contributed by atoms with Crippen molar-refractivity contribution in [3.05, 3.63) is 71.8 Å². The first-order chi connectivity index (χ1) is 12.7. The summed E-state index contributed by atoms with van der Waals surface area (Å²) in [6.45, 7) is 5.50. The SMILES string of the molecule is CC(C)C(CCC(C#N)OCCc1ccccc1)OCc1ccccc1. The van der Waals surface area contributed by atoms with Gasteiger partial charge in [0.25, 0.3) is 0 Å². The zero-order chi connectivity index (χ0) is 18.6. The molecule has 3 heteroatoms. The second kappa shape index (κ2) is 11.5. The van der Waals surface area contributed by atoms with Crippen LogP contribution in [-0.2, 0) is 22.5 Å². The van der Waals surface area contributed by atoms with Gasteiger partial charge in [-0.05, 0) is 36.3 Å². The third-order valence-corrected chi connectivity index (χ3v) is 4.46. The first-order valence-corrected chi connectivity index (χ1v) is 9.39. The zero-order valence-electron chi connectivity index (χ0n) is 15.8. The molecule has 0 spiro atoms. The van der Waals surface area contributed by atoms with Gasteiger partial charge in [-0.1, -0.05) is 74.5 Å². The van der Waals surface area contributed by atoms with E-state index in [9.17, 15) is 5.26 Å². The number of nitriles is 1. The normalized spacial score (nSPS) is 13.3. The highest BCUT2D eigenvalue weighted by Crippen LogP contribution is 2.17. The van der Waals surface area contributed by atoms with Crippen molar-refractivity contribution in [3.8, 4) is 6.07 Å². The van der Waals surface area contributed by atoms with Crippen molar-refractivity contribution < 1.29 is 9.47 Å². The highest BCUT2D eigenvalue weighted by Gasteiger charge is 2.17. The van der Waals surface area contributed by atoms with Crippen molar-refractivity contribution in [1.82, 2.24) is 0 Å². The van der Waals surface area contributed by atoms with Crippen LogP contribution in [0.3, 0.4) is 0 Å². The smallest absolute Gasteiger partial charge is 0.144 e. The Kier molecular flexibility index (Phi) is 8.89. The number of nitrogens with zero attached hydrogens (tertiary/aromatic N) is 1. The van der Waals surface area contributed by atoms with Crippen LogP contribution in [0.1, 0.15) is 37.8 Å². The standard InChI is InChI=1S/C23H29NO2/c1-19(2)23(26-18-21-11-7-4-8-12-21)14-13-22(17-24)25-16-15-20-9-5-3-6-10-20/h3-12,19,22-23H,13-16,18H2,1-2H3. The van der Waals surface area contributed by atoms with Crippen LogP contribution in [0.5, 0.6) is 0 Å². The van der Waals surface area contributed by atoms with Crippen molar-refractivity contribution in [2.75, 3.05) is 6.61 Å². The van der Waals surface area contributed by atoms with Crippen LogP contribution in [0.25, 0.3) is 0 Å². The predicted molar refractivity (Wildman–Crippen MR) is 105 cm³/mol. The van der Waals surface area contributed by atoms with E-state index < -0.39 is 0 Å². The fraction of sp³-hybridized carbons (Fsp3) is 0.435. The Bertz CT molecular complexity index is 649. The summed E-state index contributed by atoms with van der Waals surface area (Å²) >= 11 is 0. The van der Waals surface area contributed by atoms with Crippen LogP contribution in [0.15, 0.2) is 60.7 Å². The van der Waals surface area contributed by atoms with E-state index in [-0.39, 0.29) is 12.2 Å². The quantitative estimate of drug-likeness (QED) is 0.561. The van der Waals surface area contributed by atoms with Gasteiger partial charge in [-0.15, -0.1) is 0 Å². The van der Waals surface area contributed by atoms with Crippen molar-refractivity contribution in [3.63, 3.8) is 0 Å². The molecule has 0 amide bonds. The minimum Gasteiger partial charge on any atom is -0.373 e.